The molecule has 1 aliphatic rings. The van der Waals surface area contributed by atoms with Gasteiger partial charge in [0.25, 0.3) is 5.91 Å². The van der Waals surface area contributed by atoms with Crippen LogP contribution in [0.15, 0.2) is 77.3 Å². The normalized spacial score (nSPS) is 14.9. The average Bonchev–Trinajstić information content (AvgIpc) is 3.52. The van der Waals surface area contributed by atoms with Crippen LogP contribution in [0.2, 0.25) is 0 Å². The van der Waals surface area contributed by atoms with Gasteiger partial charge in [-0.25, -0.2) is 9.50 Å². The number of fused-ring (bicyclic) bond motifs is 2. The Labute approximate surface area is 203 Å². The number of nitrogens with zero attached hydrogens (tertiary/aromatic N) is 5. The second kappa shape index (κ2) is 8.67. The Hall–Kier alpha value is -3.97. The van der Waals surface area contributed by atoms with E-state index in [-0.39, 0.29) is 5.91 Å². The lowest BCUT2D eigenvalue weighted by molar-refractivity contribution is 0.0595. The zero-order valence-electron chi connectivity index (χ0n) is 19.9. The monoisotopic (exact) mass is 465 g/mol. The SMILES string of the molecule is CC(C)N1CCN(C(=O)c2ccc(-c3ccc4ncc(-c5cc6ccccc6o5)n4n3)cc2)CC1. The Morgan fingerprint density at radius 1 is 0.943 bits per heavy atom. The first kappa shape index (κ1) is 21.6. The molecule has 7 nitrogen and oxygen atoms in total. The maximum absolute atomic E-state index is 13.0. The van der Waals surface area contributed by atoms with Gasteiger partial charge in [0.2, 0.25) is 0 Å². The Balaban J connectivity index is 1.25. The van der Waals surface area contributed by atoms with Crippen LogP contribution in [0.1, 0.15) is 24.2 Å². The molecule has 0 aliphatic carbocycles. The van der Waals surface area contributed by atoms with E-state index in [1.807, 2.05) is 71.6 Å². The highest BCUT2D eigenvalue weighted by atomic mass is 16.3. The smallest absolute Gasteiger partial charge is 0.253 e. The summed E-state index contributed by atoms with van der Waals surface area (Å²) in [7, 11) is 0. The predicted molar refractivity (Wildman–Crippen MR) is 136 cm³/mol. The Kier molecular flexibility index (Phi) is 5.34. The van der Waals surface area contributed by atoms with Crippen LogP contribution < -0.4 is 0 Å². The zero-order chi connectivity index (χ0) is 23.9. The van der Waals surface area contributed by atoms with Crippen molar-refractivity contribution in [3.8, 4) is 22.7 Å². The van der Waals surface area contributed by atoms with Gasteiger partial charge in [0.1, 0.15) is 11.3 Å². The summed E-state index contributed by atoms with van der Waals surface area (Å²) >= 11 is 0. The maximum atomic E-state index is 13.0. The number of carbonyl (C=O) groups is 1. The van der Waals surface area contributed by atoms with Crippen LogP contribution in [0, 0.1) is 0 Å². The molecular formula is C28H27N5O2. The first-order valence-corrected chi connectivity index (χ1v) is 12.0. The minimum Gasteiger partial charge on any atom is -0.454 e. The predicted octanol–water partition coefficient (Wildman–Crippen LogP) is 4.98. The largest absolute Gasteiger partial charge is 0.454 e. The van der Waals surface area contributed by atoms with Crippen molar-refractivity contribution in [3.63, 3.8) is 0 Å². The second-order valence-electron chi connectivity index (χ2n) is 9.28. The molecule has 3 aromatic heterocycles. The third kappa shape index (κ3) is 3.98. The van der Waals surface area contributed by atoms with E-state index in [1.165, 1.54) is 0 Å². The molecule has 0 radical (unpaired) electrons. The maximum Gasteiger partial charge on any atom is 0.253 e. The van der Waals surface area contributed by atoms with E-state index in [0.717, 1.165) is 65.5 Å². The Morgan fingerprint density at radius 2 is 1.71 bits per heavy atom. The number of furan rings is 1. The second-order valence-corrected chi connectivity index (χ2v) is 9.28. The lowest BCUT2D eigenvalue weighted by Crippen LogP contribution is -2.50. The molecule has 4 heterocycles. The number of piperazine rings is 1. The van der Waals surface area contributed by atoms with Crippen molar-refractivity contribution in [2.45, 2.75) is 19.9 Å². The Morgan fingerprint density at radius 3 is 2.46 bits per heavy atom. The fraction of sp³-hybridized carbons (Fsp3) is 0.250. The molecule has 1 fully saturated rings. The van der Waals surface area contributed by atoms with Crippen LogP contribution >= 0.6 is 0 Å². The summed E-state index contributed by atoms with van der Waals surface area (Å²) in [5.41, 5.74) is 4.83. The minimum atomic E-state index is 0.0881. The number of hydrogen-bond donors (Lipinski definition) is 0. The zero-order valence-corrected chi connectivity index (χ0v) is 19.9. The molecule has 6 rings (SSSR count). The molecule has 2 aromatic carbocycles. The number of benzene rings is 2. The van der Waals surface area contributed by atoms with Gasteiger partial charge >= 0.3 is 0 Å². The van der Waals surface area contributed by atoms with Gasteiger partial charge in [0.15, 0.2) is 11.4 Å². The van der Waals surface area contributed by atoms with E-state index in [4.69, 9.17) is 9.52 Å². The molecule has 35 heavy (non-hydrogen) atoms. The highest BCUT2D eigenvalue weighted by Gasteiger charge is 2.23. The van der Waals surface area contributed by atoms with Crippen LogP contribution in [-0.2, 0) is 0 Å². The number of aromatic nitrogens is 3. The fourth-order valence-electron chi connectivity index (χ4n) is 4.71. The number of hydrogen-bond acceptors (Lipinski definition) is 5. The van der Waals surface area contributed by atoms with Gasteiger partial charge in [0.05, 0.1) is 11.9 Å². The van der Waals surface area contributed by atoms with Gasteiger partial charge in [-0.05, 0) is 50.2 Å². The molecule has 0 saturated carbocycles. The van der Waals surface area contributed by atoms with Gasteiger partial charge in [0, 0.05) is 48.7 Å². The van der Waals surface area contributed by atoms with Crippen LogP contribution in [0.5, 0.6) is 0 Å². The third-order valence-electron chi connectivity index (χ3n) is 6.80. The van der Waals surface area contributed by atoms with Crippen LogP contribution in [0.3, 0.4) is 0 Å². The lowest BCUT2D eigenvalue weighted by Gasteiger charge is -2.37. The number of rotatable bonds is 4. The third-order valence-corrected chi connectivity index (χ3v) is 6.80. The van der Waals surface area contributed by atoms with Crippen molar-refractivity contribution in [2.75, 3.05) is 26.2 Å². The van der Waals surface area contributed by atoms with Crippen molar-refractivity contribution in [1.29, 1.82) is 0 Å². The van der Waals surface area contributed by atoms with Crippen molar-refractivity contribution in [2.24, 2.45) is 0 Å². The van der Waals surface area contributed by atoms with Crippen LogP contribution in [0.4, 0.5) is 0 Å². The molecule has 1 amide bonds. The fourth-order valence-corrected chi connectivity index (χ4v) is 4.71. The van der Waals surface area contributed by atoms with Gasteiger partial charge in [-0.3, -0.25) is 9.69 Å². The van der Waals surface area contributed by atoms with Crippen molar-refractivity contribution in [3.05, 3.63) is 78.5 Å². The quantitative estimate of drug-likeness (QED) is 0.375. The molecule has 0 bridgehead atoms. The summed E-state index contributed by atoms with van der Waals surface area (Å²) < 4.78 is 7.85. The topological polar surface area (TPSA) is 66.9 Å². The number of para-hydroxylation sites is 1. The van der Waals surface area contributed by atoms with E-state index in [0.29, 0.717) is 11.6 Å². The first-order valence-electron chi connectivity index (χ1n) is 12.0. The van der Waals surface area contributed by atoms with Crippen LogP contribution in [-0.4, -0.2) is 62.5 Å². The Bertz CT molecular complexity index is 1470. The van der Waals surface area contributed by atoms with E-state index >= 15 is 0 Å². The summed E-state index contributed by atoms with van der Waals surface area (Å²) in [5.74, 6) is 0.812. The summed E-state index contributed by atoms with van der Waals surface area (Å²) in [6, 6.07) is 22.1. The molecule has 0 atom stereocenters. The van der Waals surface area contributed by atoms with Crippen molar-refractivity contribution in [1.82, 2.24) is 24.4 Å². The summed E-state index contributed by atoms with van der Waals surface area (Å²) in [5, 5.41) is 5.88. The van der Waals surface area contributed by atoms with Crippen molar-refractivity contribution >= 4 is 22.5 Å². The average molecular weight is 466 g/mol. The van der Waals surface area contributed by atoms with Gasteiger partial charge in [-0.15, -0.1) is 0 Å². The summed E-state index contributed by atoms with van der Waals surface area (Å²) in [4.78, 5) is 21.9. The molecule has 0 unspecified atom stereocenters. The minimum absolute atomic E-state index is 0.0881. The van der Waals surface area contributed by atoms with E-state index in [9.17, 15) is 4.79 Å². The molecule has 0 N–H and O–H groups in total. The van der Waals surface area contributed by atoms with E-state index in [2.05, 4.69) is 23.7 Å². The molecule has 5 aromatic rings. The first-order chi connectivity index (χ1) is 17.1. The standard InChI is InChI=1S/C28H27N5O2/c1-19(2)31-13-15-32(16-14-31)28(34)21-9-7-20(8-10-21)23-11-12-27-29-18-24(33(27)30-23)26-17-22-5-3-4-6-25(22)35-26/h3-12,17-19H,13-16H2,1-2H3. The molecule has 1 saturated heterocycles. The molecule has 176 valence electrons. The van der Waals surface area contributed by atoms with E-state index < -0.39 is 0 Å². The number of imidazole rings is 1. The highest BCUT2D eigenvalue weighted by molar-refractivity contribution is 5.94. The van der Waals surface area contributed by atoms with Crippen molar-refractivity contribution < 1.29 is 9.21 Å². The van der Waals surface area contributed by atoms with Gasteiger partial charge < -0.3 is 9.32 Å². The summed E-state index contributed by atoms with van der Waals surface area (Å²) in [6.07, 6.45) is 1.78. The van der Waals surface area contributed by atoms with E-state index in [1.54, 1.807) is 10.7 Å². The molecular weight excluding hydrogens is 438 g/mol. The molecule has 7 heteroatoms. The van der Waals surface area contributed by atoms with Gasteiger partial charge in [-0.2, -0.15) is 5.10 Å². The van der Waals surface area contributed by atoms with Gasteiger partial charge in [-0.1, -0.05) is 30.3 Å². The number of carbonyl (C=O) groups excluding carboxylic acids is 1. The summed E-state index contributed by atoms with van der Waals surface area (Å²) in [6.45, 7) is 7.77. The lowest BCUT2D eigenvalue weighted by atomic mass is 10.1. The number of amides is 1. The molecule has 0 spiro atoms. The van der Waals surface area contributed by atoms with Crippen LogP contribution in [0.25, 0.3) is 39.3 Å². The highest BCUT2D eigenvalue weighted by Crippen LogP contribution is 2.29. The molecule has 1 aliphatic heterocycles.